The number of carbonyl (C=O) groups is 1. The molecule has 0 radical (unpaired) electrons. The number of carboxylic acids is 1. The van der Waals surface area contributed by atoms with Gasteiger partial charge in [0.15, 0.2) is 0 Å². The highest BCUT2D eigenvalue weighted by Crippen LogP contribution is 2.22. The standard InChI is InChI=1S/C10H11N3O5/c14-10(15)7-5-9(11-6-8(7)13(16)17)12-1-3-18-4-2-12/h5-6H,1-4H2,(H,14,15). The lowest BCUT2D eigenvalue weighted by atomic mass is 10.2. The molecular formula is C10H11N3O5. The van der Waals surface area contributed by atoms with Crippen LogP contribution >= 0.6 is 0 Å². The molecule has 8 nitrogen and oxygen atoms in total. The lowest BCUT2D eigenvalue weighted by molar-refractivity contribution is -0.385. The average Bonchev–Trinajstić information content (AvgIpc) is 2.39. The number of nitro groups is 1. The van der Waals surface area contributed by atoms with Gasteiger partial charge in [0.2, 0.25) is 0 Å². The van der Waals surface area contributed by atoms with E-state index in [1.165, 1.54) is 6.07 Å². The summed E-state index contributed by atoms with van der Waals surface area (Å²) in [6.07, 6.45) is 0.980. The van der Waals surface area contributed by atoms with Gasteiger partial charge in [-0.3, -0.25) is 10.1 Å². The first-order chi connectivity index (χ1) is 8.59. The Labute approximate surface area is 102 Å². The maximum atomic E-state index is 11.0. The zero-order valence-corrected chi connectivity index (χ0v) is 9.40. The second-order valence-electron chi connectivity index (χ2n) is 3.72. The number of anilines is 1. The van der Waals surface area contributed by atoms with Gasteiger partial charge in [-0.15, -0.1) is 0 Å². The van der Waals surface area contributed by atoms with E-state index >= 15 is 0 Å². The highest BCUT2D eigenvalue weighted by atomic mass is 16.6. The minimum Gasteiger partial charge on any atom is -0.477 e. The molecule has 0 atom stereocenters. The molecule has 2 rings (SSSR count). The fraction of sp³-hybridized carbons (Fsp3) is 0.400. The molecular weight excluding hydrogens is 242 g/mol. The molecule has 0 aromatic carbocycles. The molecule has 1 aliphatic heterocycles. The average molecular weight is 253 g/mol. The summed E-state index contributed by atoms with van der Waals surface area (Å²) in [6, 6.07) is 1.23. The molecule has 1 aliphatic rings. The van der Waals surface area contributed by atoms with Crippen molar-refractivity contribution in [2.75, 3.05) is 31.2 Å². The van der Waals surface area contributed by atoms with Gasteiger partial charge < -0.3 is 14.7 Å². The molecule has 0 spiro atoms. The van der Waals surface area contributed by atoms with Gasteiger partial charge in [0, 0.05) is 19.2 Å². The largest absolute Gasteiger partial charge is 0.477 e. The Bertz CT molecular complexity index is 484. The fourth-order valence-electron chi connectivity index (χ4n) is 1.72. The normalized spacial score (nSPS) is 15.4. The van der Waals surface area contributed by atoms with Crippen LogP contribution in [0, 0.1) is 10.1 Å². The zero-order chi connectivity index (χ0) is 13.1. The van der Waals surface area contributed by atoms with Gasteiger partial charge >= 0.3 is 11.7 Å². The first-order valence-corrected chi connectivity index (χ1v) is 5.30. The fourth-order valence-corrected chi connectivity index (χ4v) is 1.72. The summed E-state index contributed by atoms with van der Waals surface area (Å²) in [5.41, 5.74) is -0.851. The third-order valence-corrected chi connectivity index (χ3v) is 2.63. The zero-order valence-electron chi connectivity index (χ0n) is 9.40. The van der Waals surface area contributed by atoms with Crippen LogP contribution in [-0.4, -0.2) is 47.3 Å². The van der Waals surface area contributed by atoms with Crippen molar-refractivity contribution in [2.24, 2.45) is 0 Å². The molecule has 1 aromatic heterocycles. The molecule has 1 aromatic rings. The monoisotopic (exact) mass is 253 g/mol. The van der Waals surface area contributed by atoms with Gasteiger partial charge in [0.25, 0.3) is 0 Å². The smallest absolute Gasteiger partial charge is 0.342 e. The van der Waals surface area contributed by atoms with Crippen molar-refractivity contribution >= 4 is 17.5 Å². The van der Waals surface area contributed by atoms with E-state index in [0.717, 1.165) is 6.20 Å². The molecule has 0 amide bonds. The highest BCUT2D eigenvalue weighted by Gasteiger charge is 2.23. The molecule has 0 unspecified atom stereocenters. The molecule has 8 heteroatoms. The van der Waals surface area contributed by atoms with Crippen molar-refractivity contribution < 1.29 is 19.6 Å². The minimum atomic E-state index is -1.33. The number of pyridine rings is 1. The van der Waals surface area contributed by atoms with Gasteiger partial charge in [-0.1, -0.05) is 0 Å². The number of aromatic carboxylic acids is 1. The van der Waals surface area contributed by atoms with Crippen LogP contribution in [0.1, 0.15) is 10.4 Å². The van der Waals surface area contributed by atoms with E-state index < -0.39 is 16.6 Å². The number of morpholine rings is 1. The second-order valence-corrected chi connectivity index (χ2v) is 3.72. The van der Waals surface area contributed by atoms with E-state index in [2.05, 4.69) is 4.98 Å². The van der Waals surface area contributed by atoms with Crippen molar-refractivity contribution in [2.45, 2.75) is 0 Å². The first-order valence-electron chi connectivity index (χ1n) is 5.30. The van der Waals surface area contributed by atoms with Crippen molar-refractivity contribution in [3.05, 3.63) is 27.9 Å². The SMILES string of the molecule is O=C(O)c1cc(N2CCOCC2)ncc1[N+](=O)[O-]. The van der Waals surface area contributed by atoms with Crippen LogP contribution in [0.15, 0.2) is 12.3 Å². The Morgan fingerprint density at radius 1 is 1.50 bits per heavy atom. The van der Waals surface area contributed by atoms with E-state index in [0.29, 0.717) is 32.1 Å². The lowest BCUT2D eigenvalue weighted by Crippen LogP contribution is -2.36. The van der Waals surface area contributed by atoms with E-state index in [1.807, 2.05) is 4.90 Å². The van der Waals surface area contributed by atoms with E-state index in [-0.39, 0.29) is 5.56 Å². The van der Waals surface area contributed by atoms with Crippen molar-refractivity contribution in [3.8, 4) is 0 Å². The van der Waals surface area contributed by atoms with Gasteiger partial charge in [0.05, 0.1) is 18.1 Å². The molecule has 0 aliphatic carbocycles. The third-order valence-electron chi connectivity index (χ3n) is 2.63. The summed E-state index contributed by atoms with van der Waals surface area (Å²) >= 11 is 0. The van der Waals surface area contributed by atoms with Crippen molar-refractivity contribution in [1.82, 2.24) is 4.98 Å². The Morgan fingerprint density at radius 2 is 2.17 bits per heavy atom. The third kappa shape index (κ3) is 2.38. The molecule has 1 fully saturated rings. The van der Waals surface area contributed by atoms with Crippen LogP contribution < -0.4 is 4.90 Å². The maximum absolute atomic E-state index is 11.0. The number of carboxylic acid groups (broad SMARTS) is 1. The number of hydrogen-bond acceptors (Lipinski definition) is 6. The van der Waals surface area contributed by atoms with Gasteiger partial charge in [-0.05, 0) is 0 Å². The number of ether oxygens (including phenoxy) is 1. The Morgan fingerprint density at radius 3 is 2.72 bits per heavy atom. The summed E-state index contributed by atoms with van der Waals surface area (Å²) in [6.45, 7) is 2.23. The van der Waals surface area contributed by atoms with Gasteiger partial charge in [-0.2, -0.15) is 0 Å². The van der Waals surface area contributed by atoms with Crippen LogP contribution in [0.3, 0.4) is 0 Å². The lowest BCUT2D eigenvalue weighted by Gasteiger charge is -2.27. The van der Waals surface area contributed by atoms with Gasteiger partial charge in [0.1, 0.15) is 17.6 Å². The van der Waals surface area contributed by atoms with E-state index in [1.54, 1.807) is 0 Å². The molecule has 1 saturated heterocycles. The van der Waals surface area contributed by atoms with Crippen LogP contribution in [0.5, 0.6) is 0 Å². The summed E-state index contributed by atoms with van der Waals surface area (Å²) in [4.78, 5) is 26.7. The number of rotatable bonds is 3. The van der Waals surface area contributed by atoms with Gasteiger partial charge in [-0.25, -0.2) is 9.78 Å². The van der Waals surface area contributed by atoms with Crippen molar-refractivity contribution in [1.29, 1.82) is 0 Å². The molecule has 0 bridgehead atoms. The summed E-state index contributed by atoms with van der Waals surface area (Å²) in [7, 11) is 0. The predicted octanol–water partition coefficient (Wildman–Crippen LogP) is 0.525. The Kier molecular flexibility index (Phi) is 3.38. The summed E-state index contributed by atoms with van der Waals surface area (Å²) in [5.74, 6) is -0.917. The van der Waals surface area contributed by atoms with Crippen LogP contribution in [0.2, 0.25) is 0 Å². The number of nitrogens with zero attached hydrogens (tertiary/aromatic N) is 3. The predicted molar refractivity (Wildman–Crippen MR) is 60.9 cm³/mol. The molecule has 2 heterocycles. The number of hydrogen-bond donors (Lipinski definition) is 1. The second kappa shape index (κ2) is 4.96. The topological polar surface area (TPSA) is 106 Å². The molecule has 1 N–H and O–H groups in total. The molecule has 0 saturated carbocycles. The summed E-state index contributed by atoms with van der Waals surface area (Å²) in [5, 5.41) is 19.6. The van der Waals surface area contributed by atoms with Crippen molar-refractivity contribution in [3.63, 3.8) is 0 Å². The quantitative estimate of drug-likeness (QED) is 0.618. The van der Waals surface area contributed by atoms with E-state index in [9.17, 15) is 14.9 Å². The minimum absolute atomic E-state index is 0.350. The van der Waals surface area contributed by atoms with Crippen LogP contribution in [-0.2, 0) is 4.74 Å². The van der Waals surface area contributed by atoms with Crippen LogP contribution in [0.4, 0.5) is 11.5 Å². The molecule has 18 heavy (non-hydrogen) atoms. The van der Waals surface area contributed by atoms with E-state index in [4.69, 9.17) is 9.84 Å². The maximum Gasteiger partial charge on any atom is 0.342 e. The number of aromatic nitrogens is 1. The highest BCUT2D eigenvalue weighted by molar-refractivity contribution is 5.93. The van der Waals surface area contributed by atoms with Crippen LogP contribution in [0.25, 0.3) is 0 Å². The summed E-state index contributed by atoms with van der Waals surface area (Å²) < 4.78 is 5.17. The first kappa shape index (κ1) is 12.2. The Hall–Kier alpha value is -2.22. The Balaban J connectivity index is 2.36. The molecule has 96 valence electrons.